The van der Waals surface area contributed by atoms with E-state index in [4.69, 9.17) is 4.99 Å². The summed E-state index contributed by atoms with van der Waals surface area (Å²) in [5.41, 5.74) is 2.66. The molecule has 6 nitrogen and oxygen atoms in total. The van der Waals surface area contributed by atoms with Gasteiger partial charge >= 0.3 is 0 Å². The minimum absolute atomic E-state index is 0. The van der Waals surface area contributed by atoms with Gasteiger partial charge in [-0.1, -0.05) is 60.7 Å². The maximum Gasteiger partial charge on any atom is 0.219 e. The monoisotopic (exact) mass is 563 g/mol. The van der Waals surface area contributed by atoms with Crippen LogP contribution in [0.15, 0.2) is 65.7 Å². The molecule has 1 saturated heterocycles. The Morgan fingerprint density at radius 3 is 2.03 bits per heavy atom. The second-order valence-corrected chi connectivity index (χ2v) is 8.20. The molecule has 1 aliphatic rings. The summed E-state index contributed by atoms with van der Waals surface area (Å²) >= 11 is 0. The predicted molar refractivity (Wildman–Crippen MR) is 147 cm³/mol. The van der Waals surface area contributed by atoms with E-state index in [1.54, 1.807) is 6.92 Å². The zero-order valence-corrected chi connectivity index (χ0v) is 22.2. The van der Waals surface area contributed by atoms with Crippen LogP contribution in [0, 0.1) is 0 Å². The summed E-state index contributed by atoms with van der Waals surface area (Å²) in [7, 11) is 0. The van der Waals surface area contributed by atoms with Gasteiger partial charge in [0.05, 0.1) is 0 Å². The van der Waals surface area contributed by atoms with E-state index in [0.717, 1.165) is 64.7 Å². The average Bonchev–Trinajstić information content (AvgIpc) is 2.83. The van der Waals surface area contributed by atoms with Crippen LogP contribution in [-0.2, 0) is 4.79 Å². The molecule has 1 aliphatic heterocycles. The van der Waals surface area contributed by atoms with Crippen LogP contribution in [0.3, 0.4) is 0 Å². The molecule has 0 unspecified atom stereocenters. The lowest BCUT2D eigenvalue weighted by molar-refractivity contribution is -0.130. The largest absolute Gasteiger partial charge is 0.357 e. The molecule has 1 heterocycles. The van der Waals surface area contributed by atoms with E-state index in [1.807, 2.05) is 4.90 Å². The smallest absolute Gasteiger partial charge is 0.219 e. The standard InChI is InChI=1S/C26H37N5O.HI/c1-3-27-26(29-16-17-30-18-20-31(21-19-30)22(2)32)28-15-14-25(23-10-6-4-7-11-23)24-12-8-5-9-13-24;/h4-13,25H,3,14-21H2,1-2H3,(H2,27,28,29);1H. The van der Waals surface area contributed by atoms with Crippen molar-refractivity contribution in [2.24, 2.45) is 4.99 Å². The SMILES string of the molecule is CCNC(=NCCC(c1ccccc1)c1ccccc1)NCCN1CCN(C(C)=O)CC1.I. The number of benzene rings is 2. The van der Waals surface area contributed by atoms with Gasteiger partial charge in [0.1, 0.15) is 0 Å². The van der Waals surface area contributed by atoms with Crippen molar-refractivity contribution < 1.29 is 4.79 Å². The first kappa shape index (κ1) is 27.1. The number of nitrogens with one attached hydrogen (secondary N) is 2. The molecule has 1 fully saturated rings. The Labute approximate surface area is 215 Å². The zero-order chi connectivity index (χ0) is 22.6. The van der Waals surface area contributed by atoms with Crippen LogP contribution in [0.5, 0.6) is 0 Å². The lowest BCUT2D eigenvalue weighted by Crippen LogP contribution is -2.50. The molecule has 7 heteroatoms. The van der Waals surface area contributed by atoms with Crippen LogP contribution in [0.2, 0.25) is 0 Å². The fourth-order valence-corrected chi connectivity index (χ4v) is 4.16. The van der Waals surface area contributed by atoms with E-state index < -0.39 is 0 Å². The van der Waals surface area contributed by atoms with Crippen LogP contribution in [0.4, 0.5) is 0 Å². The summed E-state index contributed by atoms with van der Waals surface area (Å²) in [6.45, 7) is 10.6. The number of guanidine groups is 1. The Hall–Kier alpha value is -2.13. The average molecular weight is 564 g/mol. The van der Waals surface area contributed by atoms with Crippen molar-refractivity contribution in [3.8, 4) is 0 Å². The van der Waals surface area contributed by atoms with Gasteiger partial charge in [-0.25, -0.2) is 0 Å². The number of nitrogens with zero attached hydrogens (tertiary/aromatic N) is 3. The molecular weight excluding hydrogens is 525 g/mol. The van der Waals surface area contributed by atoms with Gasteiger partial charge in [0.15, 0.2) is 5.96 Å². The molecular formula is C26H38IN5O. The molecule has 0 atom stereocenters. The van der Waals surface area contributed by atoms with Crippen LogP contribution in [0.1, 0.15) is 37.3 Å². The van der Waals surface area contributed by atoms with Gasteiger partial charge in [0.2, 0.25) is 5.91 Å². The summed E-state index contributed by atoms with van der Waals surface area (Å²) in [4.78, 5) is 20.6. The van der Waals surface area contributed by atoms with E-state index in [1.165, 1.54) is 11.1 Å². The topological polar surface area (TPSA) is 60.0 Å². The Bertz CT molecular complexity index is 799. The molecule has 33 heavy (non-hydrogen) atoms. The zero-order valence-electron chi connectivity index (χ0n) is 19.9. The number of halogens is 1. The highest BCUT2D eigenvalue weighted by Gasteiger charge is 2.18. The number of rotatable bonds is 9. The van der Waals surface area contributed by atoms with Gasteiger partial charge in [0.25, 0.3) is 0 Å². The molecule has 0 aliphatic carbocycles. The first-order valence-corrected chi connectivity index (χ1v) is 11.8. The highest BCUT2D eigenvalue weighted by Crippen LogP contribution is 2.27. The molecule has 0 aromatic heterocycles. The third-order valence-corrected chi connectivity index (χ3v) is 5.97. The maximum atomic E-state index is 11.5. The summed E-state index contributed by atoms with van der Waals surface area (Å²) < 4.78 is 0. The van der Waals surface area contributed by atoms with E-state index in [0.29, 0.717) is 5.92 Å². The van der Waals surface area contributed by atoms with Crippen LogP contribution in [-0.4, -0.2) is 74.0 Å². The molecule has 0 saturated carbocycles. The van der Waals surface area contributed by atoms with Crippen molar-refractivity contribution in [1.29, 1.82) is 0 Å². The number of amides is 1. The van der Waals surface area contributed by atoms with E-state index in [2.05, 4.69) is 83.1 Å². The fourth-order valence-electron chi connectivity index (χ4n) is 4.16. The summed E-state index contributed by atoms with van der Waals surface area (Å²) in [6.07, 6.45) is 0.956. The predicted octanol–water partition coefficient (Wildman–Crippen LogP) is 3.55. The van der Waals surface area contributed by atoms with Gasteiger partial charge in [-0.15, -0.1) is 24.0 Å². The first-order chi connectivity index (χ1) is 15.7. The molecule has 2 N–H and O–H groups in total. The summed E-state index contributed by atoms with van der Waals surface area (Å²) in [5.74, 6) is 1.38. The summed E-state index contributed by atoms with van der Waals surface area (Å²) in [6, 6.07) is 21.4. The van der Waals surface area contributed by atoms with Gasteiger partial charge in [0, 0.05) is 65.2 Å². The third kappa shape index (κ3) is 8.97. The Balaban J connectivity index is 0.00000385. The highest BCUT2D eigenvalue weighted by molar-refractivity contribution is 14.0. The molecule has 180 valence electrons. The minimum atomic E-state index is 0. The number of carbonyl (C=O) groups is 1. The third-order valence-electron chi connectivity index (χ3n) is 5.97. The van der Waals surface area contributed by atoms with Crippen molar-refractivity contribution >= 4 is 35.8 Å². The van der Waals surface area contributed by atoms with Crippen LogP contribution >= 0.6 is 24.0 Å². The molecule has 1 amide bonds. The normalized spacial score (nSPS) is 14.6. The molecule has 3 rings (SSSR count). The van der Waals surface area contributed by atoms with Gasteiger partial charge < -0.3 is 15.5 Å². The highest BCUT2D eigenvalue weighted by atomic mass is 127. The van der Waals surface area contributed by atoms with Crippen LogP contribution < -0.4 is 10.6 Å². The Morgan fingerprint density at radius 2 is 1.52 bits per heavy atom. The Kier molecular flexibility index (Phi) is 12.2. The van der Waals surface area contributed by atoms with E-state index in [9.17, 15) is 4.79 Å². The second kappa shape index (κ2) is 14.9. The molecule has 0 radical (unpaired) electrons. The molecule has 2 aromatic rings. The first-order valence-electron chi connectivity index (χ1n) is 11.8. The quantitative estimate of drug-likeness (QED) is 0.279. The molecule has 0 spiro atoms. The van der Waals surface area contributed by atoms with Gasteiger partial charge in [-0.2, -0.15) is 0 Å². The fraction of sp³-hybridized carbons (Fsp3) is 0.462. The van der Waals surface area contributed by atoms with Crippen molar-refractivity contribution in [3.63, 3.8) is 0 Å². The lowest BCUT2D eigenvalue weighted by atomic mass is 9.89. The van der Waals surface area contributed by atoms with Crippen molar-refractivity contribution in [1.82, 2.24) is 20.4 Å². The van der Waals surface area contributed by atoms with Crippen molar-refractivity contribution in [2.75, 3.05) is 52.4 Å². The number of carbonyl (C=O) groups excluding carboxylic acids is 1. The van der Waals surface area contributed by atoms with Gasteiger partial charge in [-0.3, -0.25) is 14.7 Å². The van der Waals surface area contributed by atoms with E-state index >= 15 is 0 Å². The second-order valence-electron chi connectivity index (χ2n) is 8.20. The number of aliphatic imine (C=N–C) groups is 1. The molecule has 0 bridgehead atoms. The lowest BCUT2D eigenvalue weighted by Gasteiger charge is -2.34. The van der Waals surface area contributed by atoms with Crippen molar-refractivity contribution in [2.45, 2.75) is 26.2 Å². The Morgan fingerprint density at radius 1 is 0.939 bits per heavy atom. The summed E-state index contributed by atoms with van der Waals surface area (Å²) in [5, 5.41) is 6.83. The number of hydrogen-bond donors (Lipinski definition) is 2. The molecule has 2 aromatic carbocycles. The number of piperazine rings is 1. The number of hydrogen-bond acceptors (Lipinski definition) is 3. The minimum Gasteiger partial charge on any atom is -0.357 e. The van der Waals surface area contributed by atoms with Crippen LogP contribution in [0.25, 0.3) is 0 Å². The van der Waals surface area contributed by atoms with Gasteiger partial charge in [-0.05, 0) is 24.5 Å². The van der Waals surface area contributed by atoms with Crippen molar-refractivity contribution in [3.05, 3.63) is 71.8 Å². The maximum absolute atomic E-state index is 11.5. The van der Waals surface area contributed by atoms with E-state index in [-0.39, 0.29) is 29.9 Å².